The molecule has 2 heterocycles. The normalized spacial score (nSPS) is 13.2. The Bertz CT molecular complexity index is 1510. The molecule has 1 fully saturated rings. The van der Waals surface area contributed by atoms with Crippen LogP contribution in [0.1, 0.15) is 35.2 Å². The SMILES string of the molecule is O=C(Oc1cccc(C=NNc2nc(Nc3ccccc3)nc(N3CCCCC3)n2)c1)c1ccc([N+](=O)[O-])cc1. The van der Waals surface area contributed by atoms with Crippen LogP contribution >= 0.6 is 0 Å². The minimum atomic E-state index is -0.629. The molecule has 202 valence electrons. The summed E-state index contributed by atoms with van der Waals surface area (Å²) >= 11 is 0. The second-order valence-electron chi connectivity index (χ2n) is 8.96. The number of carbonyl (C=O) groups is 1. The first-order chi connectivity index (χ1) is 19.5. The monoisotopic (exact) mass is 538 g/mol. The number of ether oxygens (including phenoxy) is 1. The van der Waals surface area contributed by atoms with Crippen molar-refractivity contribution in [1.29, 1.82) is 0 Å². The first-order valence-corrected chi connectivity index (χ1v) is 12.7. The molecule has 0 saturated carbocycles. The van der Waals surface area contributed by atoms with Crippen LogP contribution in [-0.2, 0) is 0 Å². The highest BCUT2D eigenvalue weighted by Crippen LogP contribution is 2.21. The number of non-ortho nitro benzene ring substituents is 1. The molecule has 0 bridgehead atoms. The van der Waals surface area contributed by atoms with Crippen molar-refractivity contribution in [2.75, 3.05) is 28.7 Å². The molecule has 0 unspecified atom stereocenters. The van der Waals surface area contributed by atoms with Gasteiger partial charge in [-0.25, -0.2) is 10.2 Å². The lowest BCUT2D eigenvalue weighted by Gasteiger charge is -2.26. The third kappa shape index (κ3) is 6.92. The Morgan fingerprint density at radius 3 is 2.42 bits per heavy atom. The molecule has 40 heavy (non-hydrogen) atoms. The van der Waals surface area contributed by atoms with Gasteiger partial charge in [0.25, 0.3) is 5.69 Å². The van der Waals surface area contributed by atoms with E-state index < -0.39 is 10.9 Å². The standard InChI is InChI=1S/C28H26N8O4/c37-25(21-12-14-23(15-13-21)36(38)39)40-24-11-7-8-20(18-24)19-29-34-27-31-26(30-22-9-3-1-4-10-22)32-28(33-27)35-16-5-2-6-17-35/h1,3-4,7-15,18-19H,2,5-6,16-17H2,(H2,30,31,32,33,34). The van der Waals surface area contributed by atoms with Gasteiger partial charge in [0, 0.05) is 30.9 Å². The number of piperidine rings is 1. The van der Waals surface area contributed by atoms with Gasteiger partial charge in [0.15, 0.2) is 0 Å². The third-order valence-electron chi connectivity index (χ3n) is 6.05. The highest BCUT2D eigenvalue weighted by molar-refractivity contribution is 5.91. The second-order valence-corrected chi connectivity index (χ2v) is 8.96. The number of nitrogens with one attached hydrogen (secondary N) is 2. The van der Waals surface area contributed by atoms with Crippen LogP contribution in [0.2, 0.25) is 0 Å². The molecule has 12 heteroatoms. The van der Waals surface area contributed by atoms with Crippen LogP contribution in [0.4, 0.5) is 29.2 Å². The smallest absolute Gasteiger partial charge is 0.343 e. The molecule has 3 aromatic carbocycles. The minimum Gasteiger partial charge on any atom is -0.423 e. The molecule has 1 aromatic heterocycles. The van der Waals surface area contributed by atoms with Crippen LogP contribution < -0.4 is 20.4 Å². The summed E-state index contributed by atoms with van der Waals surface area (Å²) in [5.74, 6) is 0.932. The molecule has 5 rings (SSSR count). The zero-order valence-corrected chi connectivity index (χ0v) is 21.4. The van der Waals surface area contributed by atoms with Gasteiger partial charge in [-0.1, -0.05) is 30.3 Å². The van der Waals surface area contributed by atoms with Crippen molar-refractivity contribution in [2.24, 2.45) is 5.10 Å². The first-order valence-electron chi connectivity index (χ1n) is 12.7. The summed E-state index contributed by atoms with van der Waals surface area (Å²) in [6.07, 6.45) is 4.91. The molecule has 0 radical (unpaired) electrons. The maximum absolute atomic E-state index is 12.5. The van der Waals surface area contributed by atoms with E-state index in [1.54, 1.807) is 30.5 Å². The van der Waals surface area contributed by atoms with Crippen molar-refractivity contribution in [3.05, 3.63) is 100 Å². The van der Waals surface area contributed by atoms with Crippen LogP contribution in [-0.4, -0.2) is 45.1 Å². The molecule has 1 saturated heterocycles. The van der Waals surface area contributed by atoms with E-state index in [-0.39, 0.29) is 17.2 Å². The lowest BCUT2D eigenvalue weighted by molar-refractivity contribution is -0.384. The van der Waals surface area contributed by atoms with Crippen molar-refractivity contribution in [3.63, 3.8) is 0 Å². The van der Waals surface area contributed by atoms with Crippen LogP contribution in [0.5, 0.6) is 5.75 Å². The molecule has 0 spiro atoms. The lowest BCUT2D eigenvalue weighted by Crippen LogP contribution is -2.31. The average Bonchev–Trinajstić information content (AvgIpc) is 2.98. The van der Waals surface area contributed by atoms with Crippen LogP contribution in [0, 0.1) is 10.1 Å². The van der Waals surface area contributed by atoms with Crippen molar-refractivity contribution in [2.45, 2.75) is 19.3 Å². The van der Waals surface area contributed by atoms with Gasteiger partial charge in [-0.3, -0.25) is 10.1 Å². The topological polar surface area (TPSA) is 148 Å². The molecule has 1 aliphatic heterocycles. The Balaban J connectivity index is 1.28. The van der Waals surface area contributed by atoms with Gasteiger partial charge < -0.3 is 15.0 Å². The van der Waals surface area contributed by atoms with E-state index in [0.717, 1.165) is 31.6 Å². The van der Waals surface area contributed by atoms with Gasteiger partial charge in [-0.15, -0.1) is 0 Å². The Hall–Kier alpha value is -5.39. The zero-order chi connectivity index (χ0) is 27.7. The molecule has 0 aliphatic carbocycles. The number of rotatable bonds is 9. The Labute approximate surface area is 229 Å². The van der Waals surface area contributed by atoms with Gasteiger partial charge in [-0.2, -0.15) is 20.1 Å². The van der Waals surface area contributed by atoms with Gasteiger partial charge >= 0.3 is 5.97 Å². The second kappa shape index (κ2) is 12.4. The van der Waals surface area contributed by atoms with Crippen molar-refractivity contribution in [3.8, 4) is 5.75 Å². The fraction of sp³-hybridized carbons (Fsp3) is 0.179. The third-order valence-corrected chi connectivity index (χ3v) is 6.05. The summed E-state index contributed by atoms with van der Waals surface area (Å²) in [5.41, 5.74) is 4.49. The fourth-order valence-corrected chi connectivity index (χ4v) is 4.06. The number of nitro benzene ring substituents is 1. The molecule has 0 atom stereocenters. The first kappa shape index (κ1) is 26.2. The molecule has 2 N–H and O–H groups in total. The number of nitro groups is 1. The van der Waals surface area contributed by atoms with Crippen LogP contribution in [0.15, 0.2) is 84.0 Å². The minimum absolute atomic E-state index is 0.105. The molecular weight excluding hydrogens is 512 g/mol. The summed E-state index contributed by atoms with van der Waals surface area (Å²) in [5, 5.41) is 18.3. The number of anilines is 4. The molecule has 0 amide bonds. The lowest BCUT2D eigenvalue weighted by atomic mass is 10.1. The average molecular weight is 539 g/mol. The van der Waals surface area contributed by atoms with Crippen LogP contribution in [0.3, 0.4) is 0 Å². The fourth-order valence-electron chi connectivity index (χ4n) is 4.06. The van der Waals surface area contributed by atoms with Crippen molar-refractivity contribution in [1.82, 2.24) is 15.0 Å². The summed E-state index contributed by atoms with van der Waals surface area (Å²) < 4.78 is 5.42. The maximum Gasteiger partial charge on any atom is 0.343 e. The number of benzene rings is 3. The van der Waals surface area contributed by atoms with E-state index in [0.29, 0.717) is 23.2 Å². The van der Waals surface area contributed by atoms with E-state index in [2.05, 4.69) is 35.7 Å². The summed E-state index contributed by atoms with van der Waals surface area (Å²) in [6, 6.07) is 21.6. The summed E-state index contributed by atoms with van der Waals surface area (Å²) in [4.78, 5) is 38.5. The number of hydrogen-bond donors (Lipinski definition) is 2. The van der Waals surface area contributed by atoms with E-state index >= 15 is 0 Å². The van der Waals surface area contributed by atoms with E-state index in [1.807, 2.05) is 30.3 Å². The van der Waals surface area contributed by atoms with Gasteiger partial charge in [-0.05, 0) is 61.2 Å². The van der Waals surface area contributed by atoms with Gasteiger partial charge in [0.1, 0.15) is 5.75 Å². The largest absolute Gasteiger partial charge is 0.423 e. The van der Waals surface area contributed by atoms with Crippen LogP contribution in [0.25, 0.3) is 0 Å². The number of esters is 1. The van der Waals surface area contributed by atoms with Crippen molar-refractivity contribution < 1.29 is 14.5 Å². The number of carbonyl (C=O) groups excluding carboxylic acids is 1. The Morgan fingerprint density at radius 1 is 0.925 bits per heavy atom. The number of para-hydroxylation sites is 1. The number of nitrogens with zero attached hydrogens (tertiary/aromatic N) is 6. The van der Waals surface area contributed by atoms with Gasteiger partial charge in [0.05, 0.1) is 16.7 Å². The number of aromatic nitrogens is 3. The Kier molecular flexibility index (Phi) is 8.15. The predicted molar refractivity (Wildman–Crippen MR) is 151 cm³/mol. The number of hydrogen-bond acceptors (Lipinski definition) is 11. The van der Waals surface area contributed by atoms with Crippen molar-refractivity contribution >= 4 is 41.4 Å². The maximum atomic E-state index is 12.5. The van der Waals surface area contributed by atoms with E-state index in [4.69, 9.17) is 4.74 Å². The van der Waals surface area contributed by atoms with E-state index in [9.17, 15) is 14.9 Å². The zero-order valence-electron chi connectivity index (χ0n) is 21.4. The quantitative estimate of drug-likeness (QED) is 0.0960. The highest BCUT2D eigenvalue weighted by Gasteiger charge is 2.17. The predicted octanol–water partition coefficient (Wildman–Crippen LogP) is 5.18. The van der Waals surface area contributed by atoms with Gasteiger partial charge in [0.2, 0.25) is 17.8 Å². The molecule has 4 aromatic rings. The van der Waals surface area contributed by atoms with E-state index in [1.165, 1.54) is 30.7 Å². The summed E-state index contributed by atoms with van der Waals surface area (Å²) in [7, 11) is 0. The Morgan fingerprint density at radius 2 is 1.68 bits per heavy atom. The highest BCUT2D eigenvalue weighted by atomic mass is 16.6. The molecule has 1 aliphatic rings. The summed E-state index contributed by atoms with van der Waals surface area (Å²) in [6.45, 7) is 1.76. The molecule has 12 nitrogen and oxygen atoms in total. The molecular formula is C28H26N8O4. The number of hydrazone groups is 1.